The first kappa shape index (κ1) is 12.7. The van der Waals surface area contributed by atoms with Crippen molar-refractivity contribution in [2.45, 2.75) is 32.5 Å². The summed E-state index contributed by atoms with van der Waals surface area (Å²) in [5.74, 6) is 0. The molecule has 0 aliphatic rings. The van der Waals surface area contributed by atoms with Gasteiger partial charge in [-0.25, -0.2) is 0 Å². The van der Waals surface area contributed by atoms with E-state index >= 15 is 0 Å². The molecular weight excluding hydrogens is 242 g/mol. The molecule has 0 aromatic heterocycles. The van der Waals surface area contributed by atoms with Gasteiger partial charge in [-0.15, -0.1) is 0 Å². The Kier molecular flexibility index (Phi) is 6.52. The normalized spacial score (nSPS) is 12.4. The van der Waals surface area contributed by atoms with Gasteiger partial charge in [0.2, 0.25) is 0 Å². The van der Waals surface area contributed by atoms with Crippen LogP contribution in [0.3, 0.4) is 0 Å². The summed E-state index contributed by atoms with van der Waals surface area (Å²) in [4.78, 5) is 0.404. The van der Waals surface area contributed by atoms with Crippen LogP contribution in [0.15, 0.2) is 0 Å². The summed E-state index contributed by atoms with van der Waals surface area (Å²) in [5, 5.41) is 0. The van der Waals surface area contributed by atoms with Gasteiger partial charge in [-0.2, -0.15) is 0 Å². The van der Waals surface area contributed by atoms with Crippen molar-refractivity contribution in [2.24, 2.45) is 0 Å². The van der Waals surface area contributed by atoms with Gasteiger partial charge in [-0.1, -0.05) is 0 Å². The predicted octanol–water partition coefficient (Wildman–Crippen LogP) is 2.70. The van der Waals surface area contributed by atoms with Gasteiger partial charge >= 0.3 is 80.1 Å². The monoisotopic (exact) mass is 260 g/mol. The fourth-order valence-electron chi connectivity index (χ4n) is 0.673. The Morgan fingerprint density at radius 3 is 1.92 bits per heavy atom. The molecule has 0 radical (unpaired) electrons. The Balaban J connectivity index is 4.08. The van der Waals surface area contributed by atoms with Crippen molar-refractivity contribution >= 4 is 20.8 Å². The van der Waals surface area contributed by atoms with E-state index in [9.17, 15) is 4.57 Å². The summed E-state index contributed by atoms with van der Waals surface area (Å²) < 4.78 is 22.1. The first-order valence-corrected chi connectivity index (χ1v) is 8.86. The van der Waals surface area contributed by atoms with Crippen LogP contribution >= 0.6 is 6.29 Å². The molecule has 0 atom stereocenters. The van der Waals surface area contributed by atoms with Crippen LogP contribution < -0.4 is 0 Å². The number of rotatable bonds is 6. The van der Waals surface area contributed by atoms with E-state index in [4.69, 9.17) is 9.05 Å². The van der Waals surface area contributed by atoms with E-state index in [2.05, 4.69) is 0 Å². The third-order valence-electron chi connectivity index (χ3n) is 0.914. The van der Waals surface area contributed by atoms with Gasteiger partial charge in [0.15, 0.2) is 0 Å². The summed E-state index contributed by atoms with van der Waals surface area (Å²) in [6.45, 7) is 8.66. The average Bonchev–Trinajstić information content (AvgIpc) is 1.85. The Morgan fingerprint density at radius 1 is 1.25 bits per heavy atom. The van der Waals surface area contributed by atoms with Crippen molar-refractivity contribution < 1.29 is 13.6 Å². The van der Waals surface area contributed by atoms with Gasteiger partial charge in [-0.05, 0) is 0 Å². The average molecular weight is 259 g/mol. The fourth-order valence-corrected chi connectivity index (χ4v) is 7.36. The molecule has 0 spiro atoms. The van der Waals surface area contributed by atoms with Gasteiger partial charge in [0, 0.05) is 0 Å². The van der Waals surface area contributed by atoms with Crippen molar-refractivity contribution in [3.8, 4) is 0 Å². The molecule has 0 heterocycles. The Labute approximate surface area is 80.5 Å². The van der Waals surface area contributed by atoms with E-state index < -0.39 is 6.29 Å². The zero-order valence-electron chi connectivity index (χ0n) is 8.07. The molecule has 74 valence electrons. The predicted molar refractivity (Wildman–Crippen MR) is 51.7 cm³/mol. The Morgan fingerprint density at radius 2 is 1.67 bits per heavy atom. The molecule has 0 rings (SSSR count). The maximum absolute atomic E-state index is 11.8. The van der Waals surface area contributed by atoms with Crippen molar-refractivity contribution in [3.63, 3.8) is 0 Å². The van der Waals surface area contributed by atoms with Gasteiger partial charge in [0.1, 0.15) is 0 Å². The van der Waals surface area contributed by atoms with Crippen LogP contribution in [0.2, 0.25) is 4.82 Å². The van der Waals surface area contributed by atoms with Crippen LogP contribution in [-0.2, 0) is 13.6 Å². The zero-order chi connectivity index (χ0) is 9.61. The van der Waals surface area contributed by atoms with E-state index in [0.717, 1.165) is 0 Å². The molecule has 3 nitrogen and oxygen atoms in total. The van der Waals surface area contributed by atoms with Gasteiger partial charge in [0.05, 0.1) is 0 Å². The van der Waals surface area contributed by atoms with E-state index in [0.29, 0.717) is 18.0 Å². The summed E-state index contributed by atoms with van der Waals surface area (Å²) in [6.07, 6.45) is -2.71. The van der Waals surface area contributed by atoms with Crippen LogP contribution in [-0.4, -0.2) is 27.7 Å². The summed E-state index contributed by atoms with van der Waals surface area (Å²) in [5.41, 5.74) is 0. The SMILES string of the molecule is CCOP(=O)(OCC)[Se]C(C)C. The first-order valence-electron chi connectivity index (χ1n) is 4.11. The number of hydrogen-bond donors (Lipinski definition) is 0. The molecule has 0 fully saturated rings. The molecule has 0 N–H and O–H groups in total. The van der Waals surface area contributed by atoms with E-state index in [1.165, 1.54) is 0 Å². The second-order valence-corrected chi connectivity index (χ2v) is 10.2. The van der Waals surface area contributed by atoms with Crippen molar-refractivity contribution in [3.05, 3.63) is 0 Å². The van der Waals surface area contributed by atoms with Crippen molar-refractivity contribution in [2.75, 3.05) is 13.2 Å². The quantitative estimate of drug-likeness (QED) is 0.543. The second kappa shape index (κ2) is 6.17. The Hall–Kier alpha value is 0.669. The van der Waals surface area contributed by atoms with Crippen LogP contribution in [0.1, 0.15) is 27.7 Å². The number of hydrogen-bond acceptors (Lipinski definition) is 3. The van der Waals surface area contributed by atoms with Crippen LogP contribution in [0.25, 0.3) is 0 Å². The molecule has 0 unspecified atom stereocenters. The van der Waals surface area contributed by atoms with E-state index in [1.54, 1.807) is 0 Å². The molecule has 0 aromatic rings. The molecular formula is C7H17O3PSe. The van der Waals surface area contributed by atoms with Crippen LogP contribution in [0.4, 0.5) is 0 Å². The third-order valence-corrected chi connectivity index (χ3v) is 8.35. The zero-order valence-corrected chi connectivity index (χ0v) is 10.7. The van der Waals surface area contributed by atoms with Crippen molar-refractivity contribution in [1.29, 1.82) is 0 Å². The molecule has 0 aliphatic heterocycles. The maximum atomic E-state index is 11.8. The second-order valence-electron chi connectivity index (χ2n) is 2.44. The van der Waals surface area contributed by atoms with Gasteiger partial charge in [0.25, 0.3) is 0 Å². The topological polar surface area (TPSA) is 35.5 Å². The molecule has 0 aromatic carbocycles. The minimum atomic E-state index is -2.71. The third kappa shape index (κ3) is 5.34. The molecule has 5 heteroatoms. The molecule has 0 saturated heterocycles. The summed E-state index contributed by atoms with van der Waals surface area (Å²) in [6, 6.07) is 0. The van der Waals surface area contributed by atoms with Crippen LogP contribution in [0, 0.1) is 0 Å². The van der Waals surface area contributed by atoms with E-state index in [-0.39, 0.29) is 14.5 Å². The summed E-state index contributed by atoms with van der Waals surface area (Å²) in [7, 11) is 0. The minimum absolute atomic E-state index is 0.0565. The van der Waals surface area contributed by atoms with Gasteiger partial charge < -0.3 is 0 Å². The molecule has 0 saturated carbocycles. The molecule has 0 aliphatic carbocycles. The van der Waals surface area contributed by atoms with Gasteiger partial charge in [-0.3, -0.25) is 0 Å². The van der Waals surface area contributed by atoms with Crippen molar-refractivity contribution in [1.82, 2.24) is 0 Å². The molecule has 12 heavy (non-hydrogen) atoms. The van der Waals surface area contributed by atoms with E-state index in [1.807, 2.05) is 27.7 Å². The van der Waals surface area contributed by atoms with Crippen LogP contribution in [0.5, 0.6) is 0 Å². The first-order chi connectivity index (χ1) is 5.54. The molecule has 0 bridgehead atoms. The summed E-state index contributed by atoms with van der Waals surface area (Å²) >= 11 is -0.0565. The molecule has 0 amide bonds. The Bertz CT molecular complexity index is 151. The fraction of sp³-hybridized carbons (Fsp3) is 1.00. The standard InChI is InChI=1S/C7H17O3PSe/c1-5-9-11(8,10-6-2)12-7(3)4/h7H,5-6H2,1-4H3.